The van der Waals surface area contributed by atoms with E-state index in [-0.39, 0.29) is 0 Å². The lowest BCUT2D eigenvalue weighted by Gasteiger charge is -2.30. The highest BCUT2D eigenvalue weighted by Crippen LogP contribution is 2.38. The van der Waals surface area contributed by atoms with E-state index >= 15 is 0 Å². The van der Waals surface area contributed by atoms with Crippen LogP contribution in [-0.2, 0) is 14.4 Å². The monoisotopic (exact) mass is 513 g/mol. The highest BCUT2D eigenvalue weighted by Gasteiger charge is 2.58. The van der Waals surface area contributed by atoms with E-state index in [9.17, 15) is 41.4 Å². The van der Waals surface area contributed by atoms with E-state index in [4.69, 9.17) is 0 Å². The van der Waals surface area contributed by atoms with Crippen molar-refractivity contribution in [1.29, 1.82) is 0 Å². The Hall–Kier alpha value is -3.54. The highest BCUT2D eigenvalue weighted by atomic mass is 19.4. The molecule has 0 bridgehead atoms. The molecular formula is C24H24F5N3O4. The lowest BCUT2D eigenvalue weighted by Crippen LogP contribution is -2.60. The number of hydrogen-bond donors (Lipinski definition) is 4. The second-order valence-corrected chi connectivity index (χ2v) is 8.87. The molecule has 4 N–H and O–H groups in total. The summed E-state index contributed by atoms with van der Waals surface area (Å²) in [6.45, 7) is 0.825. The maximum absolute atomic E-state index is 13.3. The van der Waals surface area contributed by atoms with Crippen molar-refractivity contribution in [3.8, 4) is 11.1 Å². The summed E-state index contributed by atoms with van der Waals surface area (Å²) in [5, 5.41) is 17.2. The van der Waals surface area contributed by atoms with Gasteiger partial charge >= 0.3 is 12.1 Å². The molecule has 1 unspecified atom stereocenters. The molecule has 2 aromatic rings. The van der Waals surface area contributed by atoms with Crippen LogP contribution in [0.4, 0.5) is 27.6 Å². The van der Waals surface area contributed by atoms with Gasteiger partial charge in [0.2, 0.25) is 5.60 Å². The van der Waals surface area contributed by atoms with Crippen LogP contribution in [0.5, 0.6) is 0 Å². The van der Waals surface area contributed by atoms with E-state index in [0.29, 0.717) is 22.4 Å². The van der Waals surface area contributed by atoms with Crippen LogP contribution in [0.1, 0.15) is 31.9 Å². The van der Waals surface area contributed by atoms with E-state index < -0.39 is 60.3 Å². The number of nitrogens with one attached hydrogen (secondary N) is 3. The minimum absolute atomic E-state index is 0.323. The Morgan fingerprint density at radius 1 is 0.972 bits per heavy atom. The zero-order valence-corrected chi connectivity index (χ0v) is 19.2. The maximum Gasteiger partial charge on any atom is 0.455 e. The predicted octanol–water partition coefficient (Wildman–Crippen LogP) is 3.55. The van der Waals surface area contributed by atoms with Gasteiger partial charge in [-0.2, -0.15) is 22.0 Å². The molecule has 2 atom stereocenters. The van der Waals surface area contributed by atoms with Crippen molar-refractivity contribution >= 4 is 23.4 Å². The first-order valence-corrected chi connectivity index (χ1v) is 10.9. The van der Waals surface area contributed by atoms with Gasteiger partial charge in [0.15, 0.2) is 0 Å². The molecule has 0 radical (unpaired) electrons. The van der Waals surface area contributed by atoms with Gasteiger partial charge in [-0.3, -0.25) is 14.4 Å². The molecule has 12 heteroatoms. The van der Waals surface area contributed by atoms with Crippen LogP contribution in [0, 0.1) is 5.92 Å². The number of amides is 3. The van der Waals surface area contributed by atoms with Crippen LogP contribution in [0.3, 0.4) is 0 Å². The third-order valence-corrected chi connectivity index (χ3v) is 5.63. The second kappa shape index (κ2) is 9.84. The van der Waals surface area contributed by atoms with Crippen LogP contribution in [0.2, 0.25) is 0 Å². The third kappa shape index (κ3) is 5.32. The SMILES string of the molecule is CC(C)CC(O)(C(=O)NCC(F)(F)C(F)(F)F)C(=O)N[C@@H]1C(=O)Nc2ccccc2-c2ccccc21. The van der Waals surface area contributed by atoms with E-state index in [1.807, 2.05) is 0 Å². The highest BCUT2D eigenvalue weighted by molar-refractivity contribution is 6.11. The van der Waals surface area contributed by atoms with Crippen molar-refractivity contribution < 1.29 is 41.4 Å². The molecule has 0 saturated carbocycles. The number of carbonyl (C=O) groups excluding carboxylic acids is 3. The number of para-hydroxylation sites is 1. The van der Waals surface area contributed by atoms with Gasteiger partial charge in [-0.1, -0.05) is 56.3 Å². The summed E-state index contributed by atoms with van der Waals surface area (Å²) in [4.78, 5) is 38.8. The topological polar surface area (TPSA) is 108 Å². The van der Waals surface area contributed by atoms with Gasteiger partial charge in [-0.15, -0.1) is 0 Å². The molecule has 0 fully saturated rings. The summed E-state index contributed by atoms with van der Waals surface area (Å²) in [6, 6.07) is 11.9. The molecule has 7 nitrogen and oxygen atoms in total. The van der Waals surface area contributed by atoms with E-state index in [2.05, 4.69) is 10.6 Å². The molecule has 2 aromatic carbocycles. The molecule has 1 aliphatic heterocycles. The molecule has 0 aliphatic carbocycles. The smallest absolute Gasteiger partial charge is 0.372 e. The van der Waals surface area contributed by atoms with Gasteiger partial charge in [0.25, 0.3) is 17.7 Å². The first-order valence-electron chi connectivity index (χ1n) is 10.9. The number of anilines is 1. The van der Waals surface area contributed by atoms with Crippen LogP contribution in [0.15, 0.2) is 48.5 Å². The quantitative estimate of drug-likeness (QED) is 0.336. The number of aliphatic hydroxyl groups is 1. The second-order valence-electron chi connectivity index (χ2n) is 8.87. The summed E-state index contributed by atoms with van der Waals surface area (Å²) in [7, 11) is 0. The van der Waals surface area contributed by atoms with Crippen LogP contribution < -0.4 is 16.0 Å². The average molecular weight is 513 g/mol. The molecule has 194 valence electrons. The predicted molar refractivity (Wildman–Crippen MR) is 120 cm³/mol. The molecule has 3 amide bonds. The first-order chi connectivity index (χ1) is 16.7. The number of rotatable bonds is 7. The number of carbonyl (C=O) groups is 3. The van der Waals surface area contributed by atoms with Gasteiger partial charge in [0, 0.05) is 11.3 Å². The minimum atomic E-state index is -5.95. The first kappa shape index (κ1) is 27.1. The van der Waals surface area contributed by atoms with E-state index in [0.717, 1.165) is 0 Å². The fourth-order valence-corrected chi connectivity index (χ4v) is 3.88. The Morgan fingerprint density at radius 2 is 1.56 bits per heavy atom. The van der Waals surface area contributed by atoms with Gasteiger partial charge in [-0.05, 0) is 29.5 Å². The van der Waals surface area contributed by atoms with Crippen molar-refractivity contribution in [3.05, 3.63) is 54.1 Å². The van der Waals surface area contributed by atoms with E-state index in [1.165, 1.54) is 19.2 Å². The van der Waals surface area contributed by atoms with Crippen LogP contribution in [-0.4, -0.2) is 47.1 Å². The Labute approximate surface area is 203 Å². The van der Waals surface area contributed by atoms with E-state index in [1.54, 1.807) is 48.5 Å². The number of benzene rings is 2. The lowest BCUT2D eigenvalue weighted by atomic mass is 9.89. The molecule has 1 heterocycles. The number of fused-ring (bicyclic) bond motifs is 3. The Bertz CT molecular complexity index is 1170. The Kier molecular flexibility index (Phi) is 7.40. The molecular weight excluding hydrogens is 489 g/mol. The molecule has 0 saturated heterocycles. The van der Waals surface area contributed by atoms with Crippen LogP contribution >= 0.6 is 0 Å². The van der Waals surface area contributed by atoms with Gasteiger partial charge in [0.1, 0.15) is 6.04 Å². The number of halogens is 5. The van der Waals surface area contributed by atoms with Crippen molar-refractivity contribution in [2.75, 3.05) is 11.9 Å². The van der Waals surface area contributed by atoms with Gasteiger partial charge in [0.05, 0.1) is 6.54 Å². The largest absolute Gasteiger partial charge is 0.455 e. The Balaban J connectivity index is 1.92. The van der Waals surface area contributed by atoms with Crippen molar-refractivity contribution in [1.82, 2.24) is 10.6 Å². The molecule has 0 aromatic heterocycles. The van der Waals surface area contributed by atoms with Crippen molar-refractivity contribution in [3.63, 3.8) is 0 Å². The normalized spacial score (nSPS) is 17.2. The average Bonchev–Trinajstić information content (AvgIpc) is 2.90. The molecule has 0 spiro atoms. The third-order valence-electron chi connectivity index (χ3n) is 5.63. The molecule has 36 heavy (non-hydrogen) atoms. The van der Waals surface area contributed by atoms with Gasteiger partial charge in [-0.25, -0.2) is 0 Å². The van der Waals surface area contributed by atoms with Crippen molar-refractivity contribution in [2.45, 2.75) is 44.0 Å². The van der Waals surface area contributed by atoms with Gasteiger partial charge < -0.3 is 21.1 Å². The summed E-state index contributed by atoms with van der Waals surface area (Å²) >= 11 is 0. The fraction of sp³-hybridized carbons (Fsp3) is 0.375. The summed E-state index contributed by atoms with van der Waals surface area (Å²) in [5.41, 5.74) is -1.06. The molecule has 1 aliphatic rings. The fourth-order valence-electron chi connectivity index (χ4n) is 3.88. The standard InChI is InChI=1S/C24H24F5N3O4/c1-13(2)11-22(36,20(34)30-12-23(25,26)24(27,28)29)21(35)32-18-16-9-4-3-7-14(16)15-8-5-6-10-17(15)31-19(18)33/h3-10,13,18,36H,11-12H2,1-2H3,(H,30,34)(H,31,33)(H,32,35)/t18-,22?/m0/s1. The Morgan fingerprint density at radius 3 is 2.17 bits per heavy atom. The summed E-state index contributed by atoms with van der Waals surface area (Å²) in [5.74, 6) is -9.73. The maximum atomic E-state index is 13.3. The number of alkyl halides is 5. The lowest BCUT2D eigenvalue weighted by molar-refractivity contribution is -0.279. The zero-order chi connectivity index (χ0) is 26.9. The minimum Gasteiger partial charge on any atom is -0.372 e. The van der Waals surface area contributed by atoms with Crippen molar-refractivity contribution in [2.24, 2.45) is 5.92 Å². The van der Waals surface area contributed by atoms with Crippen LogP contribution in [0.25, 0.3) is 11.1 Å². The molecule has 3 rings (SSSR count). The number of hydrogen-bond acceptors (Lipinski definition) is 4. The zero-order valence-electron chi connectivity index (χ0n) is 19.2. The summed E-state index contributed by atoms with van der Waals surface area (Å²) in [6.07, 6.45) is -6.56. The summed E-state index contributed by atoms with van der Waals surface area (Å²) < 4.78 is 64.2.